The Labute approximate surface area is 69.2 Å². The van der Waals surface area contributed by atoms with Crippen LogP contribution >= 0.6 is 24.2 Å². The lowest BCUT2D eigenvalue weighted by Gasteiger charge is -2.00. The quantitative estimate of drug-likeness (QED) is 0.679. The van der Waals surface area contributed by atoms with Crippen molar-refractivity contribution < 1.29 is 9.52 Å². The Hall–Kier alpha value is -0.120. The molecule has 0 aliphatic heterocycles. The summed E-state index contributed by atoms with van der Waals surface area (Å²) in [5.74, 6) is 0.795. The Kier molecular flexibility index (Phi) is 2.65. The number of hydrogen-bond donors (Lipinski definition) is 2. The predicted octanol–water partition coefficient (Wildman–Crippen LogP) is 1.90. The molecule has 1 rings (SSSR count). The summed E-state index contributed by atoms with van der Waals surface area (Å²) in [6.07, 6.45) is -0.657. The molecule has 0 saturated heterocycles. The minimum atomic E-state index is -0.657. The SMILES string of the molecule is OC(CS)c1ccc(Cl)o1. The van der Waals surface area contributed by atoms with E-state index in [-0.39, 0.29) is 5.22 Å². The zero-order chi connectivity index (χ0) is 7.56. The molecule has 1 atom stereocenters. The van der Waals surface area contributed by atoms with Gasteiger partial charge in [0.15, 0.2) is 5.22 Å². The van der Waals surface area contributed by atoms with E-state index < -0.39 is 6.10 Å². The van der Waals surface area contributed by atoms with Crippen LogP contribution in [-0.2, 0) is 0 Å². The first-order chi connectivity index (χ1) is 4.74. The monoisotopic (exact) mass is 178 g/mol. The Morgan fingerprint density at radius 2 is 2.40 bits per heavy atom. The number of furan rings is 1. The van der Waals surface area contributed by atoms with Crippen molar-refractivity contribution >= 4 is 24.2 Å². The van der Waals surface area contributed by atoms with Crippen LogP contribution in [0.25, 0.3) is 0 Å². The van der Waals surface area contributed by atoms with Crippen LogP contribution in [0.1, 0.15) is 11.9 Å². The third kappa shape index (κ3) is 1.68. The molecule has 1 N–H and O–H groups in total. The van der Waals surface area contributed by atoms with Crippen LogP contribution in [0.15, 0.2) is 16.5 Å². The third-order valence-electron chi connectivity index (χ3n) is 1.10. The van der Waals surface area contributed by atoms with Crippen LogP contribution in [0.5, 0.6) is 0 Å². The molecule has 1 heterocycles. The zero-order valence-corrected chi connectivity index (χ0v) is 6.77. The summed E-state index contributed by atoms with van der Waals surface area (Å²) in [4.78, 5) is 0. The van der Waals surface area contributed by atoms with Gasteiger partial charge in [0.05, 0.1) is 0 Å². The van der Waals surface area contributed by atoms with Crippen LogP contribution in [0.3, 0.4) is 0 Å². The van der Waals surface area contributed by atoms with Gasteiger partial charge in [0.25, 0.3) is 0 Å². The minimum Gasteiger partial charge on any atom is -0.447 e. The van der Waals surface area contributed by atoms with Gasteiger partial charge in [0.2, 0.25) is 0 Å². The smallest absolute Gasteiger partial charge is 0.193 e. The van der Waals surface area contributed by atoms with Crippen molar-refractivity contribution in [2.45, 2.75) is 6.10 Å². The summed E-state index contributed by atoms with van der Waals surface area (Å²) in [5, 5.41) is 9.40. The fourth-order valence-corrected chi connectivity index (χ4v) is 0.929. The Bertz CT molecular complexity index is 211. The zero-order valence-electron chi connectivity index (χ0n) is 5.12. The molecule has 0 aromatic carbocycles. The van der Waals surface area contributed by atoms with Gasteiger partial charge in [0.1, 0.15) is 11.9 Å². The number of rotatable bonds is 2. The van der Waals surface area contributed by atoms with Crippen LogP contribution in [0, 0.1) is 0 Å². The normalized spacial score (nSPS) is 13.5. The predicted molar refractivity (Wildman–Crippen MR) is 42.5 cm³/mol. The molecule has 0 aliphatic carbocycles. The molecule has 0 radical (unpaired) electrons. The summed E-state index contributed by atoms with van der Waals surface area (Å²) in [7, 11) is 0. The fourth-order valence-electron chi connectivity index (χ4n) is 0.597. The maximum Gasteiger partial charge on any atom is 0.193 e. The highest BCUT2D eigenvalue weighted by Crippen LogP contribution is 2.20. The first kappa shape index (κ1) is 7.98. The van der Waals surface area contributed by atoms with Crippen molar-refractivity contribution in [2.24, 2.45) is 0 Å². The molecular weight excluding hydrogens is 172 g/mol. The van der Waals surface area contributed by atoms with E-state index in [0.29, 0.717) is 11.5 Å². The summed E-state index contributed by atoms with van der Waals surface area (Å²) in [6, 6.07) is 3.22. The van der Waals surface area contributed by atoms with E-state index in [1.54, 1.807) is 12.1 Å². The van der Waals surface area contributed by atoms with E-state index in [9.17, 15) is 0 Å². The molecule has 0 saturated carbocycles. The first-order valence-electron chi connectivity index (χ1n) is 2.78. The number of thiol groups is 1. The van der Waals surface area contributed by atoms with E-state index in [2.05, 4.69) is 12.6 Å². The maximum atomic E-state index is 9.11. The lowest BCUT2D eigenvalue weighted by molar-refractivity contribution is 0.174. The van der Waals surface area contributed by atoms with Crippen LogP contribution < -0.4 is 0 Å². The topological polar surface area (TPSA) is 33.4 Å². The van der Waals surface area contributed by atoms with Gasteiger partial charge >= 0.3 is 0 Å². The van der Waals surface area contributed by atoms with E-state index in [1.165, 1.54) is 0 Å². The van der Waals surface area contributed by atoms with E-state index in [1.807, 2.05) is 0 Å². The highest BCUT2D eigenvalue weighted by atomic mass is 35.5. The third-order valence-corrected chi connectivity index (χ3v) is 1.64. The Morgan fingerprint density at radius 1 is 1.70 bits per heavy atom. The number of halogens is 1. The lowest BCUT2D eigenvalue weighted by atomic mass is 10.3. The van der Waals surface area contributed by atoms with Gasteiger partial charge in [-0.3, -0.25) is 0 Å². The maximum absolute atomic E-state index is 9.11. The van der Waals surface area contributed by atoms with E-state index in [0.717, 1.165) is 0 Å². The first-order valence-corrected chi connectivity index (χ1v) is 3.79. The number of hydrogen-bond acceptors (Lipinski definition) is 3. The summed E-state index contributed by atoms with van der Waals surface area (Å²) in [6.45, 7) is 0. The summed E-state index contributed by atoms with van der Waals surface area (Å²) < 4.78 is 4.90. The molecule has 1 aromatic heterocycles. The van der Waals surface area contributed by atoms with Gasteiger partial charge in [-0.15, -0.1) is 0 Å². The second-order valence-corrected chi connectivity index (χ2v) is 2.58. The highest BCUT2D eigenvalue weighted by Gasteiger charge is 2.08. The minimum absolute atomic E-state index is 0.288. The Morgan fingerprint density at radius 3 is 2.80 bits per heavy atom. The van der Waals surface area contributed by atoms with Gasteiger partial charge in [-0.25, -0.2) is 0 Å². The largest absolute Gasteiger partial charge is 0.447 e. The van der Waals surface area contributed by atoms with Crippen molar-refractivity contribution in [3.63, 3.8) is 0 Å². The second-order valence-electron chi connectivity index (χ2n) is 1.84. The molecule has 0 bridgehead atoms. The van der Waals surface area contributed by atoms with Gasteiger partial charge < -0.3 is 9.52 Å². The van der Waals surface area contributed by atoms with Crippen molar-refractivity contribution in [1.29, 1.82) is 0 Å². The molecule has 1 aromatic rings. The van der Waals surface area contributed by atoms with Crippen LogP contribution in [0.4, 0.5) is 0 Å². The highest BCUT2D eigenvalue weighted by molar-refractivity contribution is 7.80. The molecule has 0 fully saturated rings. The average Bonchev–Trinajstić information content (AvgIpc) is 2.34. The van der Waals surface area contributed by atoms with E-state index >= 15 is 0 Å². The van der Waals surface area contributed by atoms with E-state index in [4.69, 9.17) is 21.1 Å². The molecule has 0 aliphatic rings. The Balaban J connectivity index is 2.74. The number of aliphatic hydroxyl groups is 1. The lowest BCUT2D eigenvalue weighted by Crippen LogP contribution is -1.95. The summed E-state index contributed by atoms with van der Waals surface area (Å²) >= 11 is 9.34. The fraction of sp³-hybridized carbons (Fsp3) is 0.333. The van der Waals surface area contributed by atoms with Crippen molar-refractivity contribution in [3.05, 3.63) is 23.1 Å². The average molecular weight is 179 g/mol. The van der Waals surface area contributed by atoms with Crippen LogP contribution in [0.2, 0.25) is 5.22 Å². The standard InChI is InChI=1S/C6H7ClO2S/c7-6-2-1-5(9-6)4(8)3-10/h1-2,4,8,10H,3H2. The van der Waals surface area contributed by atoms with Crippen molar-refractivity contribution in [1.82, 2.24) is 0 Å². The molecule has 2 nitrogen and oxygen atoms in total. The van der Waals surface area contributed by atoms with Crippen LogP contribution in [-0.4, -0.2) is 10.9 Å². The van der Waals surface area contributed by atoms with Gasteiger partial charge in [-0.05, 0) is 23.7 Å². The van der Waals surface area contributed by atoms with Gasteiger partial charge in [-0.2, -0.15) is 12.6 Å². The summed E-state index contributed by atoms with van der Waals surface area (Å²) in [5.41, 5.74) is 0. The number of aliphatic hydroxyl groups excluding tert-OH is 1. The van der Waals surface area contributed by atoms with Crippen molar-refractivity contribution in [3.8, 4) is 0 Å². The molecule has 0 amide bonds. The molecule has 1 unspecified atom stereocenters. The molecule has 56 valence electrons. The van der Waals surface area contributed by atoms with Gasteiger partial charge in [-0.1, -0.05) is 0 Å². The molecule has 0 spiro atoms. The molecule has 10 heavy (non-hydrogen) atoms. The van der Waals surface area contributed by atoms with Gasteiger partial charge in [0, 0.05) is 5.75 Å². The van der Waals surface area contributed by atoms with Crippen molar-refractivity contribution in [2.75, 3.05) is 5.75 Å². The molecular formula is C6H7ClO2S. The molecule has 4 heteroatoms. The second kappa shape index (κ2) is 3.32.